The van der Waals surface area contributed by atoms with Crippen LogP contribution in [-0.2, 0) is 0 Å². The first-order valence-electron chi connectivity index (χ1n) is 7.07. The number of nitrogens with one attached hydrogen (secondary N) is 1. The highest BCUT2D eigenvalue weighted by molar-refractivity contribution is 6.21. The molecule has 0 radical (unpaired) electrons. The van der Waals surface area contributed by atoms with Crippen LogP contribution in [0, 0.1) is 23.0 Å². The summed E-state index contributed by atoms with van der Waals surface area (Å²) >= 11 is 6.26. The van der Waals surface area contributed by atoms with E-state index in [4.69, 9.17) is 11.6 Å². The fourth-order valence-corrected chi connectivity index (χ4v) is 2.64. The Bertz CT molecular complexity index is 516. The summed E-state index contributed by atoms with van der Waals surface area (Å²) in [6.07, 6.45) is 1.91. The van der Waals surface area contributed by atoms with E-state index in [1.165, 1.54) is 6.07 Å². The minimum absolute atomic E-state index is 0.0509. The Hall–Kier alpha value is -1.62. The van der Waals surface area contributed by atoms with Crippen LogP contribution in [0.4, 0.5) is 5.69 Å². The first-order chi connectivity index (χ1) is 9.90. The lowest BCUT2D eigenvalue weighted by molar-refractivity contribution is -0.385. The third-order valence-electron chi connectivity index (χ3n) is 3.69. The number of carbonyl (C=O) groups is 1. The average molecular weight is 313 g/mol. The molecule has 0 aliphatic rings. The van der Waals surface area contributed by atoms with Crippen LogP contribution in [0.1, 0.15) is 42.6 Å². The summed E-state index contributed by atoms with van der Waals surface area (Å²) in [6.45, 7) is 6.12. The Labute approximate surface area is 129 Å². The van der Waals surface area contributed by atoms with Crippen LogP contribution < -0.4 is 5.32 Å². The van der Waals surface area contributed by atoms with Crippen molar-refractivity contribution in [3.8, 4) is 0 Å². The van der Waals surface area contributed by atoms with Crippen LogP contribution in [0.15, 0.2) is 18.2 Å². The number of rotatable bonds is 7. The molecule has 5 nitrogen and oxygen atoms in total. The SMILES string of the molecule is CCC(CC)C(Cl)CNC(=O)c1ccc(C)c([N+](=O)[O-])c1. The third kappa shape index (κ3) is 4.70. The second kappa shape index (κ2) is 7.98. The Kier molecular flexibility index (Phi) is 6.62. The van der Waals surface area contributed by atoms with Crippen LogP contribution in [0.5, 0.6) is 0 Å². The van der Waals surface area contributed by atoms with Gasteiger partial charge < -0.3 is 5.32 Å². The summed E-state index contributed by atoms with van der Waals surface area (Å²) in [5.41, 5.74) is 0.759. The van der Waals surface area contributed by atoms with E-state index < -0.39 is 4.92 Å². The van der Waals surface area contributed by atoms with Gasteiger partial charge in [0.05, 0.1) is 10.3 Å². The minimum atomic E-state index is -0.485. The van der Waals surface area contributed by atoms with Gasteiger partial charge in [-0.1, -0.05) is 32.8 Å². The van der Waals surface area contributed by atoms with Crippen molar-refractivity contribution in [2.75, 3.05) is 6.54 Å². The van der Waals surface area contributed by atoms with E-state index in [0.717, 1.165) is 12.8 Å². The molecule has 0 bridgehead atoms. The van der Waals surface area contributed by atoms with Crippen molar-refractivity contribution >= 4 is 23.2 Å². The number of nitro benzene ring substituents is 1. The number of carbonyl (C=O) groups excluding carboxylic acids is 1. The topological polar surface area (TPSA) is 72.2 Å². The van der Waals surface area contributed by atoms with Gasteiger partial charge in [0, 0.05) is 23.7 Å². The van der Waals surface area contributed by atoms with Gasteiger partial charge in [-0.05, 0) is 18.9 Å². The van der Waals surface area contributed by atoms with Crippen molar-refractivity contribution in [1.29, 1.82) is 0 Å². The maximum Gasteiger partial charge on any atom is 0.273 e. The largest absolute Gasteiger partial charge is 0.351 e. The number of nitro groups is 1. The molecule has 1 aromatic rings. The Balaban J connectivity index is 2.72. The van der Waals surface area contributed by atoms with Crippen LogP contribution in [0.25, 0.3) is 0 Å². The highest BCUT2D eigenvalue weighted by atomic mass is 35.5. The normalized spacial score (nSPS) is 12.2. The van der Waals surface area contributed by atoms with E-state index in [1.54, 1.807) is 19.1 Å². The maximum atomic E-state index is 12.0. The van der Waals surface area contributed by atoms with E-state index in [0.29, 0.717) is 18.0 Å². The monoisotopic (exact) mass is 312 g/mol. The quantitative estimate of drug-likeness (QED) is 0.474. The minimum Gasteiger partial charge on any atom is -0.351 e. The molecule has 1 N–H and O–H groups in total. The lowest BCUT2D eigenvalue weighted by Crippen LogP contribution is -2.33. The van der Waals surface area contributed by atoms with E-state index in [2.05, 4.69) is 19.2 Å². The number of benzene rings is 1. The summed E-state index contributed by atoms with van der Waals surface area (Å²) in [5.74, 6) is 0.00836. The number of alkyl halides is 1. The fraction of sp³-hybridized carbons (Fsp3) is 0.533. The van der Waals surface area contributed by atoms with Crippen molar-refractivity contribution in [1.82, 2.24) is 5.32 Å². The molecule has 1 unspecified atom stereocenters. The standard InChI is InChI=1S/C15H21ClN2O3/c1-4-11(5-2)13(16)9-17-15(19)12-7-6-10(3)14(8-12)18(20)21/h6-8,11,13H,4-5,9H2,1-3H3,(H,17,19). The lowest BCUT2D eigenvalue weighted by atomic mass is 9.99. The second-order valence-corrected chi connectivity index (χ2v) is 5.62. The van der Waals surface area contributed by atoms with Gasteiger partial charge in [0.25, 0.3) is 11.6 Å². The van der Waals surface area contributed by atoms with Crippen LogP contribution >= 0.6 is 11.6 Å². The number of amides is 1. The van der Waals surface area contributed by atoms with Gasteiger partial charge in [0.1, 0.15) is 0 Å². The molecule has 0 spiro atoms. The van der Waals surface area contributed by atoms with Gasteiger partial charge in [-0.15, -0.1) is 11.6 Å². The van der Waals surface area contributed by atoms with Gasteiger partial charge in [-0.3, -0.25) is 14.9 Å². The number of hydrogen-bond acceptors (Lipinski definition) is 3. The average Bonchev–Trinajstić information content (AvgIpc) is 2.46. The van der Waals surface area contributed by atoms with Crippen LogP contribution in [0.3, 0.4) is 0 Å². The number of nitrogens with zero attached hydrogens (tertiary/aromatic N) is 1. The first-order valence-corrected chi connectivity index (χ1v) is 7.51. The molecule has 1 amide bonds. The highest BCUT2D eigenvalue weighted by Gasteiger charge is 2.18. The van der Waals surface area contributed by atoms with E-state index in [-0.39, 0.29) is 22.5 Å². The van der Waals surface area contributed by atoms with Crippen molar-refractivity contribution in [3.05, 3.63) is 39.4 Å². The van der Waals surface area contributed by atoms with E-state index in [9.17, 15) is 14.9 Å². The highest BCUT2D eigenvalue weighted by Crippen LogP contribution is 2.20. The molecule has 21 heavy (non-hydrogen) atoms. The van der Waals surface area contributed by atoms with Crippen molar-refractivity contribution in [2.45, 2.75) is 39.0 Å². The molecular weight excluding hydrogens is 292 g/mol. The van der Waals surface area contributed by atoms with Gasteiger partial charge in [-0.2, -0.15) is 0 Å². The van der Waals surface area contributed by atoms with Crippen molar-refractivity contribution in [3.63, 3.8) is 0 Å². The first kappa shape index (κ1) is 17.4. The zero-order valence-corrected chi connectivity index (χ0v) is 13.3. The van der Waals surface area contributed by atoms with Crippen molar-refractivity contribution in [2.24, 2.45) is 5.92 Å². The van der Waals surface area contributed by atoms with Gasteiger partial charge in [0.2, 0.25) is 0 Å². The van der Waals surface area contributed by atoms with E-state index >= 15 is 0 Å². The molecule has 1 rings (SSSR count). The summed E-state index contributed by atoms with van der Waals surface area (Å²) in [6, 6.07) is 4.45. The zero-order valence-electron chi connectivity index (χ0n) is 12.6. The third-order valence-corrected chi connectivity index (χ3v) is 4.20. The predicted octanol–water partition coefficient (Wildman–Crippen LogP) is 3.68. The number of hydrogen-bond donors (Lipinski definition) is 1. The molecule has 0 fully saturated rings. The summed E-state index contributed by atoms with van der Waals surface area (Å²) in [5, 5.41) is 13.5. The number of halogens is 1. The van der Waals surface area contributed by atoms with Gasteiger partial charge >= 0.3 is 0 Å². The molecule has 0 heterocycles. The van der Waals surface area contributed by atoms with Gasteiger partial charge in [-0.25, -0.2) is 0 Å². The molecule has 0 aliphatic heterocycles. The molecule has 1 atom stereocenters. The Morgan fingerprint density at radius 2 is 2.00 bits per heavy atom. The molecule has 6 heteroatoms. The predicted molar refractivity (Wildman–Crippen MR) is 83.9 cm³/mol. The Morgan fingerprint density at radius 1 is 1.38 bits per heavy atom. The molecule has 116 valence electrons. The molecule has 0 saturated carbocycles. The van der Waals surface area contributed by atoms with Crippen LogP contribution in [-0.4, -0.2) is 22.8 Å². The van der Waals surface area contributed by atoms with E-state index in [1.807, 2.05) is 0 Å². The molecule has 1 aromatic carbocycles. The van der Waals surface area contributed by atoms with Crippen molar-refractivity contribution < 1.29 is 9.72 Å². The molecular formula is C15H21ClN2O3. The zero-order chi connectivity index (χ0) is 16.0. The van der Waals surface area contributed by atoms with Crippen LogP contribution in [0.2, 0.25) is 0 Å². The Morgan fingerprint density at radius 3 is 2.52 bits per heavy atom. The van der Waals surface area contributed by atoms with Gasteiger partial charge in [0.15, 0.2) is 0 Å². The summed E-state index contributed by atoms with van der Waals surface area (Å²) < 4.78 is 0. The molecule has 0 aromatic heterocycles. The smallest absolute Gasteiger partial charge is 0.273 e. The summed E-state index contributed by atoms with van der Waals surface area (Å²) in [7, 11) is 0. The fourth-order valence-electron chi connectivity index (χ4n) is 2.21. The lowest BCUT2D eigenvalue weighted by Gasteiger charge is -2.19. The number of aryl methyl sites for hydroxylation is 1. The summed E-state index contributed by atoms with van der Waals surface area (Å²) in [4.78, 5) is 22.4. The maximum absolute atomic E-state index is 12.0. The molecule has 0 aliphatic carbocycles. The second-order valence-electron chi connectivity index (χ2n) is 5.06. The molecule has 0 saturated heterocycles.